The van der Waals surface area contributed by atoms with Gasteiger partial charge in [-0.3, -0.25) is 4.99 Å². The first-order valence-corrected chi connectivity index (χ1v) is 8.29. The van der Waals surface area contributed by atoms with Gasteiger partial charge in [-0.15, -0.1) is 5.73 Å². The third-order valence-electron chi connectivity index (χ3n) is 3.48. The van der Waals surface area contributed by atoms with Gasteiger partial charge in [0.15, 0.2) is 0 Å². The second-order valence-corrected chi connectivity index (χ2v) is 7.02. The maximum Gasteiger partial charge on any atom is 0.416 e. The van der Waals surface area contributed by atoms with Crippen LogP contribution in [0.5, 0.6) is 0 Å². The van der Waals surface area contributed by atoms with E-state index in [1.54, 1.807) is 12.3 Å². The lowest BCUT2D eigenvalue weighted by atomic mass is 9.94. The molecule has 0 N–H and O–H groups in total. The van der Waals surface area contributed by atoms with E-state index in [0.29, 0.717) is 5.69 Å². The Morgan fingerprint density at radius 1 is 1.16 bits per heavy atom. The highest BCUT2D eigenvalue weighted by Crippen LogP contribution is 2.31. The molecule has 0 aromatic heterocycles. The molecule has 0 amide bonds. The number of aliphatic imine (C=N–C) groups is 1. The number of allylic oxidation sites excluding steroid dienone is 3. The fourth-order valence-corrected chi connectivity index (χ4v) is 2.00. The van der Waals surface area contributed by atoms with Crippen LogP contribution in [0.3, 0.4) is 0 Å². The highest BCUT2D eigenvalue weighted by Gasteiger charge is 2.30. The van der Waals surface area contributed by atoms with Crippen molar-refractivity contribution in [3.8, 4) is 0 Å². The lowest BCUT2D eigenvalue weighted by Crippen LogP contribution is -2.08. The van der Waals surface area contributed by atoms with E-state index in [2.05, 4.69) is 30.6 Å². The first-order chi connectivity index (χ1) is 11.5. The van der Waals surface area contributed by atoms with Crippen LogP contribution in [-0.4, -0.2) is 6.21 Å². The molecule has 1 nitrogen and oxygen atoms in total. The summed E-state index contributed by atoms with van der Waals surface area (Å²) < 4.78 is 38.2. The van der Waals surface area contributed by atoms with Crippen molar-refractivity contribution < 1.29 is 13.2 Å². The van der Waals surface area contributed by atoms with Gasteiger partial charge in [0.1, 0.15) is 0 Å². The summed E-state index contributed by atoms with van der Waals surface area (Å²) in [4.78, 5) is 4.20. The van der Waals surface area contributed by atoms with Gasteiger partial charge in [-0.1, -0.05) is 31.6 Å². The molecule has 0 atom stereocenters. The molecule has 0 aliphatic heterocycles. The summed E-state index contributed by atoms with van der Waals surface area (Å²) in [7, 11) is 0. The molecular formula is C21H26F3N. The zero-order chi connectivity index (χ0) is 19.1. The maximum absolute atomic E-state index is 12.7. The molecule has 4 heteroatoms. The molecule has 0 aliphatic carbocycles. The second-order valence-electron chi connectivity index (χ2n) is 7.02. The molecule has 0 aliphatic rings. The fourth-order valence-electron chi connectivity index (χ4n) is 2.00. The number of hydrogen-bond donors (Lipinski definition) is 0. The number of nitrogens with zero attached hydrogens (tertiary/aromatic N) is 1. The SMILES string of the molecule is CC(=C=CC(C)(C)C=Nc1cccc(C(F)(F)F)c1)CCC=C(C)C. The van der Waals surface area contributed by atoms with E-state index < -0.39 is 17.2 Å². The lowest BCUT2D eigenvalue weighted by Gasteiger charge is -2.12. The molecule has 0 unspecified atom stereocenters. The van der Waals surface area contributed by atoms with Gasteiger partial charge in [0.05, 0.1) is 11.3 Å². The van der Waals surface area contributed by atoms with Crippen LogP contribution >= 0.6 is 0 Å². The van der Waals surface area contributed by atoms with Crippen LogP contribution in [0.25, 0.3) is 0 Å². The van der Waals surface area contributed by atoms with Crippen molar-refractivity contribution in [2.45, 2.75) is 53.6 Å². The summed E-state index contributed by atoms with van der Waals surface area (Å²) in [5, 5.41) is 0. The van der Waals surface area contributed by atoms with Crippen LogP contribution < -0.4 is 0 Å². The van der Waals surface area contributed by atoms with Crippen LogP contribution in [0.4, 0.5) is 18.9 Å². The Kier molecular flexibility index (Phi) is 7.44. The number of halogens is 3. The molecular weight excluding hydrogens is 323 g/mol. The van der Waals surface area contributed by atoms with Gasteiger partial charge in [0.25, 0.3) is 0 Å². The van der Waals surface area contributed by atoms with Gasteiger partial charge in [-0.05, 0) is 63.5 Å². The zero-order valence-corrected chi connectivity index (χ0v) is 15.5. The van der Waals surface area contributed by atoms with Gasteiger partial charge < -0.3 is 0 Å². The molecule has 0 saturated carbocycles. The number of alkyl halides is 3. The average molecular weight is 349 g/mol. The average Bonchev–Trinajstić information content (AvgIpc) is 2.50. The van der Waals surface area contributed by atoms with E-state index in [0.717, 1.165) is 30.5 Å². The molecule has 0 fully saturated rings. The van der Waals surface area contributed by atoms with Crippen molar-refractivity contribution in [1.29, 1.82) is 0 Å². The molecule has 0 saturated heterocycles. The third-order valence-corrected chi connectivity index (χ3v) is 3.48. The Morgan fingerprint density at radius 2 is 1.84 bits per heavy atom. The Bertz CT molecular complexity index is 696. The minimum Gasteiger partial charge on any atom is -0.260 e. The summed E-state index contributed by atoms with van der Waals surface area (Å²) in [6.07, 6.45) is 3.30. The predicted octanol–water partition coefficient (Wildman–Crippen LogP) is 7.28. The van der Waals surface area contributed by atoms with Gasteiger partial charge in [-0.2, -0.15) is 13.2 Å². The van der Waals surface area contributed by atoms with Gasteiger partial charge in [0, 0.05) is 11.6 Å². The topological polar surface area (TPSA) is 12.4 Å². The van der Waals surface area contributed by atoms with Crippen LogP contribution in [0.15, 0.2) is 58.3 Å². The Hall–Kier alpha value is -2.06. The molecule has 136 valence electrons. The summed E-state index contributed by atoms with van der Waals surface area (Å²) in [6, 6.07) is 5.02. The van der Waals surface area contributed by atoms with Gasteiger partial charge >= 0.3 is 6.18 Å². The Morgan fingerprint density at radius 3 is 2.44 bits per heavy atom. The van der Waals surface area contributed by atoms with Gasteiger partial charge in [0.2, 0.25) is 0 Å². The number of benzene rings is 1. The molecule has 0 heterocycles. The predicted molar refractivity (Wildman–Crippen MR) is 99.3 cm³/mol. The van der Waals surface area contributed by atoms with Crippen LogP contribution in [0, 0.1) is 5.41 Å². The number of hydrogen-bond acceptors (Lipinski definition) is 1. The lowest BCUT2D eigenvalue weighted by molar-refractivity contribution is -0.137. The Labute approximate surface area is 148 Å². The first kappa shape index (κ1) is 21.0. The van der Waals surface area contributed by atoms with Crippen LogP contribution in [0.2, 0.25) is 0 Å². The highest BCUT2D eigenvalue weighted by atomic mass is 19.4. The van der Waals surface area contributed by atoms with E-state index in [1.807, 2.05) is 26.8 Å². The van der Waals surface area contributed by atoms with Gasteiger partial charge in [-0.25, -0.2) is 0 Å². The van der Waals surface area contributed by atoms with E-state index in [1.165, 1.54) is 11.6 Å². The fraction of sp³-hybridized carbons (Fsp3) is 0.429. The van der Waals surface area contributed by atoms with Crippen molar-refractivity contribution in [2.75, 3.05) is 0 Å². The normalized spacial score (nSPS) is 12.0. The highest BCUT2D eigenvalue weighted by molar-refractivity contribution is 5.71. The van der Waals surface area contributed by atoms with E-state index in [9.17, 15) is 13.2 Å². The molecule has 25 heavy (non-hydrogen) atoms. The van der Waals surface area contributed by atoms with E-state index in [-0.39, 0.29) is 0 Å². The maximum atomic E-state index is 12.7. The van der Waals surface area contributed by atoms with Crippen molar-refractivity contribution in [3.05, 3.63) is 58.9 Å². The zero-order valence-electron chi connectivity index (χ0n) is 15.5. The van der Waals surface area contributed by atoms with Crippen molar-refractivity contribution in [1.82, 2.24) is 0 Å². The largest absolute Gasteiger partial charge is 0.416 e. The molecule has 1 rings (SSSR count). The Balaban J connectivity index is 2.84. The second kappa shape index (κ2) is 8.87. The molecule has 0 bridgehead atoms. The standard InChI is InChI=1S/C21H26F3N/c1-16(2)8-6-9-17(3)12-13-20(4,5)15-25-19-11-7-10-18(14-19)21(22,23)24/h7-8,10-11,13-15H,6,9H2,1-5H3. The molecule has 1 aromatic carbocycles. The third kappa shape index (κ3) is 8.55. The van der Waals surface area contributed by atoms with Crippen molar-refractivity contribution in [2.24, 2.45) is 10.4 Å². The minimum atomic E-state index is -4.36. The molecule has 1 aromatic rings. The summed E-state index contributed by atoms with van der Waals surface area (Å²) >= 11 is 0. The first-order valence-electron chi connectivity index (χ1n) is 8.29. The van der Waals surface area contributed by atoms with E-state index in [4.69, 9.17) is 0 Å². The quantitative estimate of drug-likeness (QED) is 0.291. The number of rotatable bonds is 6. The summed E-state index contributed by atoms with van der Waals surface area (Å²) in [5.74, 6) is 0. The van der Waals surface area contributed by atoms with Crippen molar-refractivity contribution in [3.63, 3.8) is 0 Å². The smallest absolute Gasteiger partial charge is 0.260 e. The van der Waals surface area contributed by atoms with Crippen LogP contribution in [-0.2, 0) is 6.18 Å². The van der Waals surface area contributed by atoms with Crippen molar-refractivity contribution >= 4 is 11.9 Å². The molecule has 0 spiro atoms. The molecule has 0 radical (unpaired) electrons. The van der Waals surface area contributed by atoms with E-state index >= 15 is 0 Å². The monoisotopic (exact) mass is 349 g/mol. The van der Waals surface area contributed by atoms with Crippen LogP contribution in [0.1, 0.15) is 53.0 Å². The minimum absolute atomic E-state index is 0.292. The summed E-state index contributed by atoms with van der Waals surface area (Å²) in [5.41, 5.74) is 4.90. The summed E-state index contributed by atoms with van der Waals surface area (Å²) in [6.45, 7) is 10.1.